The average molecular weight is 148 g/mol. The molecular formula is C6H5BN2O2. The average Bonchev–Trinajstić information content (AvgIpc) is 2.05. The first-order chi connectivity index (χ1) is 5.24. The van der Waals surface area contributed by atoms with Gasteiger partial charge in [0.1, 0.15) is 11.8 Å². The molecule has 2 N–H and O–H groups in total. The normalized spacial score (nSPS) is 8.82. The van der Waals surface area contributed by atoms with Gasteiger partial charge in [0, 0.05) is 0 Å². The Bertz CT molecular complexity index is 295. The van der Waals surface area contributed by atoms with Crippen LogP contribution in [0.25, 0.3) is 0 Å². The van der Waals surface area contributed by atoms with Gasteiger partial charge in [-0.05, 0) is 12.1 Å². The van der Waals surface area contributed by atoms with E-state index in [0.717, 1.165) is 0 Å². The van der Waals surface area contributed by atoms with Gasteiger partial charge in [-0.2, -0.15) is 5.26 Å². The molecule has 0 amide bonds. The molecule has 54 valence electrons. The van der Waals surface area contributed by atoms with Gasteiger partial charge < -0.3 is 10.0 Å². The molecule has 0 saturated carbocycles. The molecule has 0 aromatic carbocycles. The molecule has 0 aliphatic rings. The van der Waals surface area contributed by atoms with E-state index in [-0.39, 0.29) is 11.3 Å². The Morgan fingerprint density at radius 3 is 2.73 bits per heavy atom. The molecule has 1 aromatic rings. The van der Waals surface area contributed by atoms with E-state index < -0.39 is 7.12 Å². The fourth-order valence-corrected chi connectivity index (χ4v) is 0.658. The minimum absolute atomic E-state index is 0.0871. The van der Waals surface area contributed by atoms with Crippen LogP contribution in [-0.2, 0) is 0 Å². The van der Waals surface area contributed by atoms with Crippen LogP contribution in [0.2, 0.25) is 0 Å². The van der Waals surface area contributed by atoms with Crippen molar-refractivity contribution in [3.8, 4) is 6.07 Å². The Morgan fingerprint density at radius 1 is 1.45 bits per heavy atom. The lowest BCUT2D eigenvalue weighted by molar-refractivity contribution is 0.424. The Kier molecular flexibility index (Phi) is 2.21. The summed E-state index contributed by atoms with van der Waals surface area (Å²) >= 11 is 0. The van der Waals surface area contributed by atoms with Gasteiger partial charge in [0.05, 0.1) is 5.59 Å². The number of aromatic nitrogens is 1. The first-order valence-corrected chi connectivity index (χ1v) is 2.97. The summed E-state index contributed by atoms with van der Waals surface area (Å²) in [6.07, 6.45) is 0. The van der Waals surface area contributed by atoms with E-state index in [2.05, 4.69) is 4.98 Å². The van der Waals surface area contributed by atoms with Crippen LogP contribution >= 0.6 is 0 Å². The molecular weight excluding hydrogens is 143 g/mol. The van der Waals surface area contributed by atoms with Gasteiger partial charge in [-0.25, -0.2) is 4.98 Å². The van der Waals surface area contributed by atoms with E-state index in [1.54, 1.807) is 12.1 Å². The molecule has 1 rings (SSSR count). The molecule has 0 spiro atoms. The minimum Gasteiger partial charge on any atom is -0.422 e. The second-order valence-electron chi connectivity index (χ2n) is 1.93. The fourth-order valence-electron chi connectivity index (χ4n) is 0.658. The molecule has 11 heavy (non-hydrogen) atoms. The van der Waals surface area contributed by atoms with Crippen LogP contribution in [0, 0.1) is 11.3 Å². The molecule has 4 nitrogen and oxygen atoms in total. The van der Waals surface area contributed by atoms with Crippen LogP contribution in [0.4, 0.5) is 0 Å². The third kappa shape index (κ3) is 1.77. The van der Waals surface area contributed by atoms with E-state index in [1.165, 1.54) is 12.1 Å². The van der Waals surface area contributed by atoms with E-state index >= 15 is 0 Å². The summed E-state index contributed by atoms with van der Waals surface area (Å²) in [5, 5.41) is 25.6. The highest BCUT2D eigenvalue weighted by Gasteiger charge is 2.12. The highest BCUT2D eigenvalue weighted by atomic mass is 16.4. The number of hydrogen-bond donors (Lipinski definition) is 2. The molecule has 1 aromatic heterocycles. The highest BCUT2D eigenvalue weighted by Crippen LogP contribution is 1.87. The van der Waals surface area contributed by atoms with Crippen molar-refractivity contribution in [1.29, 1.82) is 5.26 Å². The van der Waals surface area contributed by atoms with Crippen molar-refractivity contribution in [3.63, 3.8) is 0 Å². The molecule has 0 saturated heterocycles. The lowest BCUT2D eigenvalue weighted by Crippen LogP contribution is -2.32. The number of nitrogens with zero attached hydrogens (tertiary/aromatic N) is 2. The predicted molar refractivity (Wildman–Crippen MR) is 38.8 cm³/mol. The van der Waals surface area contributed by atoms with Crippen molar-refractivity contribution in [2.24, 2.45) is 0 Å². The monoisotopic (exact) mass is 148 g/mol. The second-order valence-corrected chi connectivity index (χ2v) is 1.93. The van der Waals surface area contributed by atoms with Crippen LogP contribution in [-0.4, -0.2) is 22.2 Å². The first-order valence-electron chi connectivity index (χ1n) is 2.97. The topological polar surface area (TPSA) is 77.1 Å². The molecule has 0 aliphatic carbocycles. The highest BCUT2D eigenvalue weighted by molar-refractivity contribution is 6.57. The Labute approximate surface area is 63.9 Å². The number of nitriles is 1. The van der Waals surface area contributed by atoms with Crippen LogP contribution < -0.4 is 5.59 Å². The maximum Gasteiger partial charge on any atom is 0.508 e. The molecule has 0 radical (unpaired) electrons. The van der Waals surface area contributed by atoms with E-state index in [9.17, 15) is 0 Å². The molecule has 0 unspecified atom stereocenters. The molecule has 0 fully saturated rings. The summed E-state index contributed by atoms with van der Waals surface area (Å²) in [6, 6.07) is 6.26. The van der Waals surface area contributed by atoms with Gasteiger partial charge >= 0.3 is 7.12 Å². The second kappa shape index (κ2) is 3.15. The van der Waals surface area contributed by atoms with Gasteiger partial charge in [0.25, 0.3) is 0 Å². The number of pyridine rings is 1. The van der Waals surface area contributed by atoms with Crippen molar-refractivity contribution >= 4 is 12.7 Å². The summed E-state index contributed by atoms with van der Waals surface area (Å²) in [7, 11) is -1.61. The van der Waals surface area contributed by atoms with Gasteiger partial charge in [0.15, 0.2) is 0 Å². The SMILES string of the molecule is N#Cc1cccc(B(O)O)n1. The first kappa shape index (κ1) is 7.73. The zero-order valence-electron chi connectivity index (χ0n) is 5.60. The molecule has 0 atom stereocenters. The van der Waals surface area contributed by atoms with Crippen LogP contribution in [0.1, 0.15) is 5.69 Å². The summed E-state index contributed by atoms with van der Waals surface area (Å²) in [5.74, 6) is 0. The largest absolute Gasteiger partial charge is 0.508 e. The van der Waals surface area contributed by atoms with Crippen molar-refractivity contribution in [2.75, 3.05) is 0 Å². The van der Waals surface area contributed by atoms with Gasteiger partial charge in [-0.3, -0.25) is 0 Å². The third-order valence-electron chi connectivity index (χ3n) is 1.15. The zero-order chi connectivity index (χ0) is 8.27. The van der Waals surface area contributed by atoms with E-state index in [0.29, 0.717) is 0 Å². The zero-order valence-corrected chi connectivity index (χ0v) is 5.60. The van der Waals surface area contributed by atoms with Crippen molar-refractivity contribution in [2.45, 2.75) is 0 Å². The molecule has 0 bridgehead atoms. The van der Waals surface area contributed by atoms with Crippen LogP contribution in [0.15, 0.2) is 18.2 Å². The standard InChI is InChI=1S/C6H5BN2O2/c8-4-5-2-1-3-6(9-5)7(10)11/h1-3,10-11H. The minimum atomic E-state index is -1.61. The molecule has 0 aliphatic heterocycles. The Hall–Kier alpha value is -1.38. The van der Waals surface area contributed by atoms with Crippen molar-refractivity contribution in [3.05, 3.63) is 23.9 Å². The third-order valence-corrected chi connectivity index (χ3v) is 1.15. The fraction of sp³-hybridized carbons (Fsp3) is 0. The predicted octanol–water partition coefficient (Wildman–Crippen LogP) is -1.37. The van der Waals surface area contributed by atoms with Gasteiger partial charge in [-0.1, -0.05) is 6.07 Å². The van der Waals surface area contributed by atoms with Gasteiger partial charge in [-0.15, -0.1) is 0 Å². The summed E-state index contributed by atoms with van der Waals surface area (Å²) < 4.78 is 0. The smallest absolute Gasteiger partial charge is 0.422 e. The van der Waals surface area contributed by atoms with E-state index in [4.69, 9.17) is 15.3 Å². The lowest BCUT2D eigenvalue weighted by Gasteiger charge is -1.96. The maximum absolute atomic E-state index is 8.63. The quantitative estimate of drug-likeness (QED) is 0.481. The Balaban J connectivity index is 3.03. The maximum atomic E-state index is 8.63. The molecule has 1 heterocycles. The Morgan fingerprint density at radius 2 is 2.18 bits per heavy atom. The lowest BCUT2D eigenvalue weighted by atomic mass is 9.86. The van der Waals surface area contributed by atoms with Crippen molar-refractivity contribution < 1.29 is 10.0 Å². The summed E-state index contributed by atoms with van der Waals surface area (Å²) in [4.78, 5) is 3.63. The summed E-state index contributed by atoms with van der Waals surface area (Å²) in [5.41, 5.74) is 0.264. The number of hydrogen-bond acceptors (Lipinski definition) is 4. The van der Waals surface area contributed by atoms with E-state index in [1.807, 2.05) is 0 Å². The van der Waals surface area contributed by atoms with Crippen LogP contribution in [0.5, 0.6) is 0 Å². The number of rotatable bonds is 1. The molecule has 5 heteroatoms. The van der Waals surface area contributed by atoms with Crippen LogP contribution in [0.3, 0.4) is 0 Å². The summed E-state index contributed by atoms with van der Waals surface area (Å²) in [6.45, 7) is 0. The van der Waals surface area contributed by atoms with Crippen molar-refractivity contribution in [1.82, 2.24) is 4.98 Å². The van der Waals surface area contributed by atoms with Gasteiger partial charge in [0.2, 0.25) is 0 Å².